The maximum atomic E-state index is 14.1. The number of rotatable bonds is 7. The van der Waals surface area contributed by atoms with Crippen LogP contribution in [0.3, 0.4) is 0 Å². The Morgan fingerprint density at radius 1 is 1.32 bits per heavy atom. The Hall–Kier alpha value is -1.89. The van der Waals surface area contributed by atoms with Gasteiger partial charge in [-0.3, -0.25) is 9.36 Å². The van der Waals surface area contributed by atoms with E-state index in [0.717, 1.165) is 12.8 Å². The molecule has 2 saturated carbocycles. The lowest BCUT2D eigenvalue weighted by Crippen LogP contribution is -2.35. The number of hydrogen-bond donors (Lipinski definition) is 1. The molecule has 0 radical (unpaired) electrons. The van der Waals surface area contributed by atoms with Crippen LogP contribution in [0.2, 0.25) is 0 Å². The first-order valence-corrected chi connectivity index (χ1v) is 9.74. The summed E-state index contributed by atoms with van der Waals surface area (Å²) >= 11 is 1.37. The van der Waals surface area contributed by atoms with Crippen molar-refractivity contribution in [1.82, 2.24) is 20.1 Å². The quantitative estimate of drug-likeness (QED) is 0.769. The molecule has 2 aromatic rings. The summed E-state index contributed by atoms with van der Waals surface area (Å²) in [5.41, 5.74) is 0.459. The van der Waals surface area contributed by atoms with E-state index < -0.39 is 0 Å². The highest BCUT2D eigenvalue weighted by molar-refractivity contribution is 7.99. The van der Waals surface area contributed by atoms with Crippen molar-refractivity contribution in [1.29, 1.82) is 0 Å². The molecule has 0 aliphatic heterocycles. The molecule has 1 aromatic heterocycles. The molecule has 0 bridgehead atoms. The Balaban J connectivity index is 1.48. The second kappa shape index (κ2) is 6.78. The van der Waals surface area contributed by atoms with E-state index in [1.807, 2.05) is 4.57 Å². The average molecular weight is 360 g/mol. The van der Waals surface area contributed by atoms with Gasteiger partial charge in [0.15, 0.2) is 11.0 Å². The van der Waals surface area contributed by atoms with Crippen molar-refractivity contribution < 1.29 is 9.18 Å². The van der Waals surface area contributed by atoms with Crippen molar-refractivity contribution >= 4 is 17.7 Å². The second-order valence-corrected chi connectivity index (χ2v) is 7.81. The number of thioether (sulfide) groups is 1. The molecule has 1 atom stereocenters. The van der Waals surface area contributed by atoms with Crippen molar-refractivity contribution in [3.8, 4) is 11.4 Å². The van der Waals surface area contributed by atoms with Crippen LogP contribution >= 0.6 is 11.8 Å². The maximum Gasteiger partial charge on any atom is 0.230 e. The maximum absolute atomic E-state index is 14.1. The van der Waals surface area contributed by atoms with Gasteiger partial charge in [-0.25, -0.2) is 4.39 Å². The highest BCUT2D eigenvalue weighted by Crippen LogP contribution is 2.41. The number of aromatic nitrogens is 3. The fourth-order valence-corrected chi connectivity index (χ4v) is 3.82. The van der Waals surface area contributed by atoms with Gasteiger partial charge in [-0.15, -0.1) is 10.2 Å². The standard InChI is InChI=1S/C18H21FN4OS/c1-11(12-6-7-12)20-16(24)10-25-18-22-21-17(23(18)13-8-9-13)14-4-2-3-5-15(14)19/h2-5,11-13H,6-10H2,1H3,(H,20,24). The van der Waals surface area contributed by atoms with Crippen LogP contribution in [-0.4, -0.2) is 32.5 Å². The molecule has 4 rings (SSSR count). The molecule has 0 spiro atoms. The third-order valence-corrected chi connectivity index (χ3v) is 5.68. The fraction of sp³-hybridized carbons (Fsp3) is 0.500. The smallest absolute Gasteiger partial charge is 0.230 e. The van der Waals surface area contributed by atoms with Crippen molar-refractivity contribution in [2.45, 2.75) is 49.8 Å². The minimum Gasteiger partial charge on any atom is -0.353 e. The predicted octanol–water partition coefficient (Wildman–Crippen LogP) is 3.43. The minimum atomic E-state index is -0.302. The molecule has 7 heteroatoms. The topological polar surface area (TPSA) is 59.8 Å². The summed E-state index contributed by atoms with van der Waals surface area (Å²) in [6.45, 7) is 2.06. The van der Waals surface area contributed by atoms with Gasteiger partial charge in [0.05, 0.1) is 11.3 Å². The molecule has 2 aliphatic rings. The fourth-order valence-electron chi connectivity index (χ4n) is 3.00. The summed E-state index contributed by atoms with van der Waals surface area (Å²) in [4.78, 5) is 12.1. The van der Waals surface area contributed by atoms with Gasteiger partial charge in [0, 0.05) is 12.1 Å². The molecular formula is C18H21FN4OS. The largest absolute Gasteiger partial charge is 0.353 e. The first-order valence-electron chi connectivity index (χ1n) is 8.75. The Morgan fingerprint density at radius 3 is 2.76 bits per heavy atom. The average Bonchev–Trinajstić information content (AvgIpc) is 3.50. The number of benzene rings is 1. The molecule has 25 heavy (non-hydrogen) atoms. The first kappa shape index (κ1) is 16.6. The second-order valence-electron chi connectivity index (χ2n) is 6.87. The van der Waals surface area contributed by atoms with Crippen LogP contribution in [0.25, 0.3) is 11.4 Å². The monoisotopic (exact) mass is 360 g/mol. The van der Waals surface area contributed by atoms with Crippen LogP contribution in [-0.2, 0) is 4.79 Å². The molecule has 1 heterocycles. The van der Waals surface area contributed by atoms with E-state index in [9.17, 15) is 9.18 Å². The number of carbonyl (C=O) groups is 1. The molecule has 1 unspecified atom stereocenters. The zero-order chi connectivity index (χ0) is 17.4. The number of nitrogens with one attached hydrogen (secondary N) is 1. The molecule has 1 aromatic carbocycles. The van der Waals surface area contributed by atoms with Crippen LogP contribution in [0, 0.1) is 11.7 Å². The number of halogens is 1. The SMILES string of the molecule is CC(NC(=O)CSc1nnc(-c2ccccc2F)n1C1CC1)C1CC1. The van der Waals surface area contributed by atoms with Gasteiger partial charge in [0.2, 0.25) is 5.91 Å². The van der Waals surface area contributed by atoms with E-state index in [-0.39, 0.29) is 17.8 Å². The number of amides is 1. The van der Waals surface area contributed by atoms with Crippen molar-refractivity contribution in [3.05, 3.63) is 30.1 Å². The highest BCUT2D eigenvalue weighted by Gasteiger charge is 2.32. The van der Waals surface area contributed by atoms with E-state index in [4.69, 9.17) is 0 Å². The lowest BCUT2D eigenvalue weighted by atomic mass is 10.2. The Bertz CT molecular complexity index is 785. The van der Waals surface area contributed by atoms with Gasteiger partial charge in [-0.05, 0) is 50.7 Å². The third-order valence-electron chi connectivity index (χ3n) is 4.74. The van der Waals surface area contributed by atoms with Crippen LogP contribution < -0.4 is 5.32 Å². The summed E-state index contributed by atoms with van der Waals surface area (Å²) < 4.78 is 16.1. The molecule has 5 nitrogen and oxygen atoms in total. The first-order chi connectivity index (χ1) is 12.1. The number of nitrogens with zero attached hydrogens (tertiary/aromatic N) is 3. The highest BCUT2D eigenvalue weighted by atomic mass is 32.2. The van der Waals surface area contributed by atoms with Crippen molar-refractivity contribution in [2.24, 2.45) is 5.92 Å². The van der Waals surface area contributed by atoms with Gasteiger partial charge in [-0.2, -0.15) is 0 Å². The molecule has 1 amide bonds. The summed E-state index contributed by atoms with van der Waals surface area (Å²) in [5.74, 6) is 1.21. The van der Waals surface area contributed by atoms with Crippen LogP contribution in [0.4, 0.5) is 4.39 Å². The number of carbonyl (C=O) groups excluding carboxylic acids is 1. The van der Waals surface area contributed by atoms with Gasteiger partial charge < -0.3 is 5.32 Å². The summed E-state index contributed by atoms with van der Waals surface area (Å²) in [6.07, 6.45) is 4.49. The number of hydrogen-bond acceptors (Lipinski definition) is 4. The molecule has 2 aliphatic carbocycles. The van der Waals surface area contributed by atoms with Gasteiger partial charge in [0.25, 0.3) is 0 Å². The van der Waals surface area contributed by atoms with E-state index in [2.05, 4.69) is 22.4 Å². The van der Waals surface area contributed by atoms with Crippen molar-refractivity contribution in [3.63, 3.8) is 0 Å². The lowest BCUT2D eigenvalue weighted by molar-refractivity contribution is -0.119. The summed E-state index contributed by atoms with van der Waals surface area (Å²) in [7, 11) is 0. The Labute approximate surface area is 150 Å². The van der Waals surface area contributed by atoms with E-state index in [0.29, 0.717) is 34.3 Å². The van der Waals surface area contributed by atoms with Crippen LogP contribution in [0.1, 0.15) is 38.6 Å². The van der Waals surface area contributed by atoms with Gasteiger partial charge in [0.1, 0.15) is 5.82 Å². The molecule has 1 N–H and O–H groups in total. The van der Waals surface area contributed by atoms with Crippen molar-refractivity contribution in [2.75, 3.05) is 5.75 Å². The Kier molecular flexibility index (Phi) is 4.50. The Morgan fingerprint density at radius 2 is 2.08 bits per heavy atom. The zero-order valence-corrected chi connectivity index (χ0v) is 14.9. The van der Waals surface area contributed by atoms with Gasteiger partial charge in [-0.1, -0.05) is 23.9 Å². The van der Waals surface area contributed by atoms with Crippen LogP contribution in [0.5, 0.6) is 0 Å². The lowest BCUT2D eigenvalue weighted by Gasteiger charge is -2.13. The third kappa shape index (κ3) is 3.71. The zero-order valence-electron chi connectivity index (χ0n) is 14.1. The van der Waals surface area contributed by atoms with Crippen LogP contribution in [0.15, 0.2) is 29.4 Å². The van der Waals surface area contributed by atoms with E-state index in [1.54, 1.807) is 18.2 Å². The van der Waals surface area contributed by atoms with E-state index in [1.165, 1.54) is 30.7 Å². The summed E-state index contributed by atoms with van der Waals surface area (Å²) in [6, 6.07) is 7.16. The molecular weight excluding hydrogens is 339 g/mol. The van der Waals surface area contributed by atoms with Gasteiger partial charge >= 0.3 is 0 Å². The molecule has 0 saturated heterocycles. The molecule has 2 fully saturated rings. The van der Waals surface area contributed by atoms with E-state index >= 15 is 0 Å². The normalized spacial score (nSPS) is 18.2. The summed E-state index contributed by atoms with van der Waals surface area (Å²) in [5, 5.41) is 12.2. The predicted molar refractivity (Wildman–Crippen MR) is 94.7 cm³/mol. The minimum absolute atomic E-state index is 0.0159. The molecule has 132 valence electrons.